The highest BCUT2D eigenvalue weighted by Gasteiger charge is 2.19. The number of hydrogen-bond donors (Lipinski definition) is 1. The number of tetrazole rings is 1. The van der Waals surface area contributed by atoms with Crippen molar-refractivity contribution >= 4 is 44.7 Å². The van der Waals surface area contributed by atoms with E-state index in [0.717, 1.165) is 21.0 Å². The fraction of sp³-hybridized carbons (Fsp3) is 0.150. The molecule has 4 aromatic heterocycles. The molecule has 1 N–H and O–H groups in total. The zero-order chi connectivity index (χ0) is 20.7. The lowest BCUT2D eigenvalue weighted by atomic mass is 10.2. The minimum atomic E-state index is -0.135. The zero-order valence-corrected chi connectivity index (χ0v) is 18.5. The molecule has 150 valence electrons. The van der Waals surface area contributed by atoms with E-state index in [0.29, 0.717) is 16.4 Å². The average molecular weight is 453 g/mol. The van der Waals surface area contributed by atoms with Gasteiger partial charge in [-0.25, -0.2) is 4.98 Å². The Hall–Kier alpha value is -2.82. The molecule has 1 unspecified atom stereocenters. The van der Waals surface area contributed by atoms with E-state index in [1.807, 2.05) is 61.0 Å². The van der Waals surface area contributed by atoms with E-state index in [4.69, 9.17) is 4.98 Å². The molecule has 0 saturated heterocycles. The zero-order valence-electron chi connectivity index (χ0n) is 16.1. The number of aryl methyl sites for hydroxylation is 1. The van der Waals surface area contributed by atoms with Gasteiger partial charge in [-0.15, -0.1) is 27.8 Å². The van der Waals surface area contributed by atoms with Gasteiger partial charge in [0.1, 0.15) is 10.7 Å². The number of nitrogens with zero attached hydrogens (tertiary/aromatic N) is 5. The number of aromatic amines is 1. The molecule has 10 heteroatoms. The van der Waals surface area contributed by atoms with Gasteiger partial charge in [-0.05, 0) is 47.9 Å². The third-order valence-corrected chi connectivity index (χ3v) is 7.45. The first-order valence-electron chi connectivity index (χ1n) is 9.17. The van der Waals surface area contributed by atoms with Gasteiger partial charge in [0.25, 0.3) is 5.56 Å². The van der Waals surface area contributed by atoms with Gasteiger partial charge in [0.2, 0.25) is 5.16 Å². The van der Waals surface area contributed by atoms with Gasteiger partial charge in [-0.3, -0.25) is 4.79 Å². The summed E-state index contributed by atoms with van der Waals surface area (Å²) in [6.45, 7) is 4.02. The Morgan fingerprint density at radius 3 is 2.77 bits per heavy atom. The maximum Gasteiger partial charge on any atom is 0.260 e. The third-order valence-electron chi connectivity index (χ3n) is 4.64. The smallest absolute Gasteiger partial charge is 0.260 e. The second kappa shape index (κ2) is 7.78. The molecular weight excluding hydrogens is 436 g/mol. The van der Waals surface area contributed by atoms with Crippen molar-refractivity contribution in [1.82, 2.24) is 30.2 Å². The van der Waals surface area contributed by atoms with Crippen LogP contribution in [0.3, 0.4) is 0 Å². The Balaban J connectivity index is 1.46. The summed E-state index contributed by atoms with van der Waals surface area (Å²) in [5, 5.41) is 17.2. The highest BCUT2D eigenvalue weighted by Crippen LogP contribution is 2.36. The lowest BCUT2D eigenvalue weighted by Crippen LogP contribution is -2.12. The van der Waals surface area contributed by atoms with Crippen LogP contribution in [-0.4, -0.2) is 30.2 Å². The van der Waals surface area contributed by atoms with E-state index in [2.05, 4.69) is 20.5 Å². The van der Waals surface area contributed by atoms with E-state index in [1.165, 1.54) is 28.7 Å². The second-order valence-electron chi connectivity index (χ2n) is 6.73. The van der Waals surface area contributed by atoms with Crippen molar-refractivity contribution in [3.05, 3.63) is 68.9 Å². The number of nitrogens with one attached hydrogen (secondary N) is 1. The molecule has 0 aliphatic carbocycles. The molecule has 0 bridgehead atoms. The number of thioether (sulfide) groups is 1. The average Bonchev–Trinajstić information content (AvgIpc) is 3.49. The fourth-order valence-electron chi connectivity index (χ4n) is 3.09. The molecule has 0 aliphatic rings. The summed E-state index contributed by atoms with van der Waals surface area (Å²) in [5.41, 5.74) is 2.87. The molecule has 0 fully saturated rings. The number of hydrogen-bond acceptors (Lipinski definition) is 8. The molecule has 1 atom stereocenters. The van der Waals surface area contributed by atoms with Crippen LogP contribution in [0.1, 0.15) is 23.6 Å². The van der Waals surface area contributed by atoms with Gasteiger partial charge in [0.15, 0.2) is 0 Å². The molecule has 0 radical (unpaired) electrons. The van der Waals surface area contributed by atoms with Crippen LogP contribution in [0, 0.1) is 6.92 Å². The van der Waals surface area contributed by atoms with Gasteiger partial charge in [-0.2, -0.15) is 4.68 Å². The molecule has 0 amide bonds. The Bertz CT molecular complexity index is 1370. The van der Waals surface area contributed by atoms with Crippen molar-refractivity contribution in [3.63, 3.8) is 0 Å². The largest absolute Gasteiger partial charge is 0.309 e. The van der Waals surface area contributed by atoms with Gasteiger partial charge < -0.3 is 4.98 Å². The van der Waals surface area contributed by atoms with Crippen LogP contribution in [0.4, 0.5) is 0 Å². The molecule has 0 spiro atoms. The summed E-state index contributed by atoms with van der Waals surface area (Å²) >= 11 is 4.55. The van der Waals surface area contributed by atoms with Crippen LogP contribution in [0.5, 0.6) is 0 Å². The third kappa shape index (κ3) is 3.47. The van der Waals surface area contributed by atoms with Crippen molar-refractivity contribution in [1.29, 1.82) is 0 Å². The minimum Gasteiger partial charge on any atom is -0.309 e. The standard InChI is InChI=1S/C20H16N6OS3/c1-11-5-7-13(8-6-11)26-20(23-24-25-26)30-12(2)17-21-18(27)16-14(10-29-19(16)22-17)15-4-3-9-28-15/h3-10,12H,1-2H3,(H,21,22,27). The van der Waals surface area contributed by atoms with E-state index >= 15 is 0 Å². The Labute approximate surface area is 183 Å². The second-order valence-corrected chi connectivity index (χ2v) is 9.84. The predicted octanol–water partition coefficient (Wildman–Crippen LogP) is 4.85. The Morgan fingerprint density at radius 2 is 2.00 bits per heavy atom. The fourth-order valence-corrected chi connectivity index (χ4v) is 5.72. The molecule has 5 rings (SSSR count). The SMILES string of the molecule is Cc1ccc(-n2nnnc2SC(C)c2nc3scc(-c4cccs4)c3c(=O)[nH]2)cc1. The maximum absolute atomic E-state index is 12.9. The number of rotatable bonds is 5. The van der Waals surface area contributed by atoms with Crippen molar-refractivity contribution in [2.45, 2.75) is 24.3 Å². The summed E-state index contributed by atoms with van der Waals surface area (Å²) in [6.07, 6.45) is 0. The lowest BCUT2D eigenvalue weighted by molar-refractivity contribution is 0.753. The van der Waals surface area contributed by atoms with Crippen LogP contribution < -0.4 is 5.56 Å². The molecule has 0 saturated carbocycles. The van der Waals surface area contributed by atoms with Gasteiger partial charge >= 0.3 is 0 Å². The quantitative estimate of drug-likeness (QED) is 0.384. The molecule has 30 heavy (non-hydrogen) atoms. The molecule has 5 aromatic rings. The number of fused-ring (bicyclic) bond motifs is 1. The topological polar surface area (TPSA) is 89.3 Å². The van der Waals surface area contributed by atoms with Crippen LogP contribution in [-0.2, 0) is 0 Å². The van der Waals surface area contributed by atoms with Gasteiger partial charge in [0, 0.05) is 15.8 Å². The van der Waals surface area contributed by atoms with Crippen LogP contribution >= 0.6 is 34.4 Å². The summed E-state index contributed by atoms with van der Waals surface area (Å²) in [6, 6.07) is 12.0. The minimum absolute atomic E-state index is 0.120. The Morgan fingerprint density at radius 1 is 1.17 bits per heavy atom. The summed E-state index contributed by atoms with van der Waals surface area (Å²) < 4.78 is 1.69. The molecule has 0 aliphatic heterocycles. The summed E-state index contributed by atoms with van der Waals surface area (Å²) in [5.74, 6) is 0.607. The summed E-state index contributed by atoms with van der Waals surface area (Å²) in [4.78, 5) is 22.4. The molecule has 7 nitrogen and oxygen atoms in total. The first-order chi connectivity index (χ1) is 14.6. The van der Waals surface area contributed by atoms with Crippen LogP contribution in [0.15, 0.2) is 57.1 Å². The van der Waals surface area contributed by atoms with Gasteiger partial charge in [-0.1, -0.05) is 35.5 Å². The monoisotopic (exact) mass is 452 g/mol. The first-order valence-corrected chi connectivity index (χ1v) is 11.8. The highest BCUT2D eigenvalue weighted by atomic mass is 32.2. The molecule has 1 aromatic carbocycles. The van der Waals surface area contributed by atoms with E-state index in [9.17, 15) is 4.79 Å². The summed E-state index contributed by atoms with van der Waals surface area (Å²) in [7, 11) is 0. The van der Waals surface area contributed by atoms with Crippen molar-refractivity contribution in [2.24, 2.45) is 0 Å². The first kappa shape index (κ1) is 19.2. The highest BCUT2D eigenvalue weighted by molar-refractivity contribution is 7.99. The Kier molecular flexibility index (Phi) is 4.97. The van der Waals surface area contributed by atoms with Crippen molar-refractivity contribution in [2.75, 3.05) is 0 Å². The number of thiophene rings is 2. The van der Waals surface area contributed by atoms with Crippen molar-refractivity contribution < 1.29 is 0 Å². The van der Waals surface area contributed by atoms with E-state index in [-0.39, 0.29) is 10.8 Å². The van der Waals surface area contributed by atoms with Crippen LogP contribution in [0.2, 0.25) is 0 Å². The molecule has 4 heterocycles. The van der Waals surface area contributed by atoms with Crippen molar-refractivity contribution in [3.8, 4) is 16.1 Å². The van der Waals surface area contributed by atoms with Gasteiger partial charge in [0.05, 0.1) is 16.3 Å². The van der Waals surface area contributed by atoms with E-state index in [1.54, 1.807) is 16.0 Å². The number of benzene rings is 1. The van der Waals surface area contributed by atoms with E-state index < -0.39 is 0 Å². The number of H-pyrrole nitrogens is 1. The number of aromatic nitrogens is 6. The normalized spacial score (nSPS) is 12.5. The maximum atomic E-state index is 12.9. The lowest BCUT2D eigenvalue weighted by Gasteiger charge is -2.10. The van der Waals surface area contributed by atoms with Crippen LogP contribution in [0.25, 0.3) is 26.3 Å². The molecular formula is C20H16N6OS3. The predicted molar refractivity (Wildman–Crippen MR) is 122 cm³/mol.